The van der Waals surface area contributed by atoms with E-state index in [1.165, 1.54) is 0 Å². The highest BCUT2D eigenvalue weighted by Gasteiger charge is 2.37. The van der Waals surface area contributed by atoms with E-state index in [1.807, 2.05) is 19.9 Å². The van der Waals surface area contributed by atoms with Crippen molar-refractivity contribution in [3.63, 3.8) is 0 Å². The fraction of sp³-hybridized carbons (Fsp3) is 0.526. The van der Waals surface area contributed by atoms with Gasteiger partial charge in [0, 0.05) is 25.7 Å². The number of hydrogen-bond acceptors (Lipinski definition) is 3. The van der Waals surface area contributed by atoms with Crippen LogP contribution in [0.3, 0.4) is 0 Å². The number of carbonyl (C=O) groups is 3. The molecule has 0 aliphatic carbocycles. The standard InChI is InChI=1S/C19H25N3O4/c1-12(2)20-19(26)22-8-3-4-16(22)17(23)21-9-7-13-5-6-14(18(24)25)10-15(13)11-21/h5-6,10,12,16H,3-4,7-9,11H2,1-2H3,(H,20,26)(H,24,25)/t16-/m0/s1. The number of aromatic carboxylic acids is 1. The van der Waals surface area contributed by atoms with Crippen LogP contribution in [0, 0.1) is 0 Å². The predicted octanol–water partition coefficient (Wildman–Crippen LogP) is 1.85. The molecule has 140 valence electrons. The first-order valence-electron chi connectivity index (χ1n) is 9.08. The molecule has 0 bridgehead atoms. The summed E-state index contributed by atoms with van der Waals surface area (Å²) in [5.74, 6) is -1.02. The highest BCUT2D eigenvalue weighted by molar-refractivity contribution is 5.89. The summed E-state index contributed by atoms with van der Waals surface area (Å²) in [6.45, 7) is 5.36. The maximum atomic E-state index is 13.0. The predicted molar refractivity (Wildman–Crippen MR) is 95.9 cm³/mol. The molecule has 2 N–H and O–H groups in total. The molecule has 0 aromatic heterocycles. The molecular formula is C19H25N3O4. The molecule has 26 heavy (non-hydrogen) atoms. The van der Waals surface area contributed by atoms with Crippen molar-refractivity contribution >= 4 is 17.9 Å². The van der Waals surface area contributed by atoms with E-state index in [0.29, 0.717) is 32.5 Å². The van der Waals surface area contributed by atoms with Crippen molar-refractivity contribution in [2.45, 2.75) is 51.7 Å². The van der Waals surface area contributed by atoms with Crippen LogP contribution in [0.2, 0.25) is 0 Å². The van der Waals surface area contributed by atoms with E-state index in [9.17, 15) is 19.5 Å². The first-order valence-corrected chi connectivity index (χ1v) is 9.08. The molecule has 1 atom stereocenters. The van der Waals surface area contributed by atoms with Crippen LogP contribution in [0.5, 0.6) is 0 Å². The third-order valence-electron chi connectivity index (χ3n) is 4.99. The lowest BCUT2D eigenvalue weighted by Crippen LogP contribution is -2.52. The lowest BCUT2D eigenvalue weighted by atomic mass is 9.96. The summed E-state index contributed by atoms with van der Waals surface area (Å²) in [6.07, 6.45) is 2.18. The topological polar surface area (TPSA) is 90.0 Å². The Bertz CT molecular complexity index is 731. The first kappa shape index (κ1) is 18.2. The number of urea groups is 1. The zero-order chi connectivity index (χ0) is 18.8. The highest BCUT2D eigenvalue weighted by atomic mass is 16.4. The van der Waals surface area contributed by atoms with Crippen molar-refractivity contribution in [1.29, 1.82) is 0 Å². The van der Waals surface area contributed by atoms with Crippen LogP contribution in [0.1, 0.15) is 48.2 Å². The molecule has 1 aromatic carbocycles. The minimum Gasteiger partial charge on any atom is -0.478 e. The van der Waals surface area contributed by atoms with Gasteiger partial charge < -0.3 is 20.2 Å². The third-order valence-corrected chi connectivity index (χ3v) is 4.99. The van der Waals surface area contributed by atoms with Crippen molar-refractivity contribution < 1.29 is 19.5 Å². The minimum absolute atomic E-state index is 0.0233. The Hall–Kier alpha value is -2.57. The number of benzene rings is 1. The summed E-state index contributed by atoms with van der Waals surface area (Å²) in [5, 5.41) is 12.0. The molecule has 1 aromatic rings. The number of fused-ring (bicyclic) bond motifs is 1. The summed E-state index contributed by atoms with van der Waals surface area (Å²) in [5.41, 5.74) is 2.19. The monoisotopic (exact) mass is 359 g/mol. The molecule has 2 aliphatic heterocycles. The Labute approximate surface area is 153 Å². The van der Waals surface area contributed by atoms with E-state index in [2.05, 4.69) is 5.32 Å². The summed E-state index contributed by atoms with van der Waals surface area (Å²) in [6, 6.07) is 4.48. The zero-order valence-electron chi connectivity index (χ0n) is 15.2. The van der Waals surface area contributed by atoms with Crippen molar-refractivity contribution in [3.8, 4) is 0 Å². The highest BCUT2D eigenvalue weighted by Crippen LogP contribution is 2.25. The van der Waals surface area contributed by atoms with Gasteiger partial charge in [-0.1, -0.05) is 6.07 Å². The number of rotatable bonds is 3. The summed E-state index contributed by atoms with van der Waals surface area (Å²) < 4.78 is 0. The van der Waals surface area contributed by atoms with Crippen LogP contribution in [0.15, 0.2) is 18.2 Å². The van der Waals surface area contributed by atoms with E-state index in [0.717, 1.165) is 17.5 Å². The quantitative estimate of drug-likeness (QED) is 0.862. The van der Waals surface area contributed by atoms with Gasteiger partial charge in [-0.05, 0) is 56.4 Å². The Morgan fingerprint density at radius 3 is 2.65 bits per heavy atom. The summed E-state index contributed by atoms with van der Waals surface area (Å²) in [4.78, 5) is 39.9. The van der Waals surface area contributed by atoms with Gasteiger partial charge in [0.15, 0.2) is 0 Å². The molecule has 3 rings (SSSR count). The van der Waals surface area contributed by atoms with E-state index in [1.54, 1.807) is 21.9 Å². The molecule has 0 radical (unpaired) electrons. The Morgan fingerprint density at radius 2 is 1.96 bits per heavy atom. The van der Waals surface area contributed by atoms with Crippen LogP contribution in [0.4, 0.5) is 4.79 Å². The first-order chi connectivity index (χ1) is 12.4. The van der Waals surface area contributed by atoms with Crippen molar-refractivity contribution in [1.82, 2.24) is 15.1 Å². The van der Waals surface area contributed by atoms with Gasteiger partial charge >= 0.3 is 12.0 Å². The van der Waals surface area contributed by atoms with Gasteiger partial charge in [-0.15, -0.1) is 0 Å². The van der Waals surface area contributed by atoms with E-state index >= 15 is 0 Å². The molecular weight excluding hydrogens is 334 g/mol. The van der Waals surface area contributed by atoms with Crippen molar-refractivity contribution in [2.75, 3.05) is 13.1 Å². The van der Waals surface area contributed by atoms with Crippen LogP contribution < -0.4 is 5.32 Å². The zero-order valence-corrected chi connectivity index (χ0v) is 15.2. The molecule has 7 heteroatoms. The number of hydrogen-bond donors (Lipinski definition) is 2. The number of nitrogens with zero attached hydrogens (tertiary/aromatic N) is 2. The van der Waals surface area contributed by atoms with Crippen LogP contribution in [0.25, 0.3) is 0 Å². The normalized spacial score (nSPS) is 19.4. The van der Waals surface area contributed by atoms with Gasteiger partial charge in [-0.2, -0.15) is 0 Å². The maximum Gasteiger partial charge on any atom is 0.335 e. The fourth-order valence-electron chi connectivity index (χ4n) is 3.69. The lowest BCUT2D eigenvalue weighted by molar-refractivity contribution is -0.136. The van der Waals surface area contributed by atoms with Crippen LogP contribution >= 0.6 is 0 Å². The van der Waals surface area contributed by atoms with Gasteiger partial charge in [0.1, 0.15) is 6.04 Å². The van der Waals surface area contributed by atoms with E-state index in [-0.39, 0.29) is 23.5 Å². The molecule has 2 aliphatic rings. The second kappa shape index (κ2) is 7.35. The molecule has 2 heterocycles. The molecule has 0 saturated carbocycles. The van der Waals surface area contributed by atoms with Gasteiger partial charge in [0.25, 0.3) is 0 Å². The van der Waals surface area contributed by atoms with Crippen LogP contribution in [-0.4, -0.2) is 58.0 Å². The number of carboxylic acid groups (broad SMARTS) is 1. The van der Waals surface area contributed by atoms with E-state index < -0.39 is 12.0 Å². The Kier molecular flexibility index (Phi) is 5.15. The van der Waals surface area contributed by atoms with Gasteiger partial charge in [-0.3, -0.25) is 4.79 Å². The third kappa shape index (κ3) is 3.66. The molecule has 0 spiro atoms. The number of carboxylic acids is 1. The van der Waals surface area contributed by atoms with Gasteiger partial charge in [0.2, 0.25) is 5.91 Å². The second-order valence-electron chi connectivity index (χ2n) is 7.25. The molecule has 1 fully saturated rings. The Morgan fingerprint density at radius 1 is 1.19 bits per heavy atom. The molecule has 1 saturated heterocycles. The van der Waals surface area contributed by atoms with Crippen molar-refractivity contribution in [3.05, 3.63) is 34.9 Å². The van der Waals surface area contributed by atoms with Gasteiger partial charge in [-0.25, -0.2) is 9.59 Å². The van der Waals surface area contributed by atoms with Crippen LogP contribution in [-0.2, 0) is 17.8 Å². The molecule has 0 unspecified atom stereocenters. The summed E-state index contributed by atoms with van der Waals surface area (Å²) in [7, 11) is 0. The average molecular weight is 359 g/mol. The van der Waals surface area contributed by atoms with Crippen molar-refractivity contribution in [2.24, 2.45) is 0 Å². The molecule has 3 amide bonds. The SMILES string of the molecule is CC(C)NC(=O)N1CCC[C@H]1C(=O)N1CCc2ccc(C(=O)O)cc2C1. The van der Waals surface area contributed by atoms with E-state index in [4.69, 9.17) is 0 Å². The maximum absolute atomic E-state index is 13.0. The minimum atomic E-state index is -0.969. The summed E-state index contributed by atoms with van der Waals surface area (Å²) >= 11 is 0. The van der Waals surface area contributed by atoms with Gasteiger partial charge in [0.05, 0.1) is 5.56 Å². The number of amides is 3. The Balaban J connectivity index is 1.73. The average Bonchev–Trinajstić information content (AvgIpc) is 3.09. The largest absolute Gasteiger partial charge is 0.478 e. The molecule has 7 nitrogen and oxygen atoms in total. The number of carbonyl (C=O) groups excluding carboxylic acids is 2. The fourth-order valence-corrected chi connectivity index (χ4v) is 3.69. The lowest BCUT2D eigenvalue weighted by Gasteiger charge is -2.34. The second-order valence-corrected chi connectivity index (χ2v) is 7.25. The number of nitrogens with one attached hydrogen (secondary N) is 1. The number of likely N-dealkylation sites (tertiary alicyclic amines) is 1. The smallest absolute Gasteiger partial charge is 0.335 e.